The van der Waals surface area contributed by atoms with Crippen LogP contribution in [0.5, 0.6) is 0 Å². The molecule has 0 spiro atoms. The van der Waals surface area contributed by atoms with Gasteiger partial charge in [-0.15, -0.1) is 0 Å². The van der Waals surface area contributed by atoms with E-state index in [-0.39, 0.29) is 11.0 Å². The SMILES string of the molecule is O.O.[B](c1ccccc1)n1cccn1. The van der Waals surface area contributed by atoms with Crippen LogP contribution < -0.4 is 5.46 Å². The van der Waals surface area contributed by atoms with Crippen LogP contribution in [0.2, 0.25) is 0 Å². The molecule has 1 aromatic carbocycles. The Hall–Kier alpha value is -1.59. The van der Waals surface area contributed by atoms with Gasteiger partial charge >= 0.3 is 7.41 Å². The van der Waals surface area contributed by atoms with Crippen molar-refractivity contribution in [2.45, 2.75) is 0 Å². The number of hydrogen-bond donors (Lipinski definition) is 0. The Kier molecular flexibility index (Phi) is 5.28. The maximum Gasteiger partial charge on any atom is 0.316 e. The van der Waals surface area contributed by atoms with Gasteiger partial charge in [0.1, 0.15) is 0 Å². The van der Waals surface area contributed by atoms with Crippen LogP contribution in [0, 0.1) is 0 Å². The van der Waals surface area contributed by atoms with E-state index in [0.29, 0.717) is 0 Å². The standard InChI is InChI=1S/C9H8BN2.2H2O/c1-2-5-9(6-3-1)10-12-8-4-7-11-12;;/h1-8H;2*1H2. The number of benzene rings is 1. The lowest BCUT2D eigenvalue weighted by Crippen LogP contribution is -2.22. The van der Waals surface area contributed by atoms with Crippen molar-refractivity contribution in [1.29, 1.82) is 0 Å². The van der Waals surface area contributed by atoms with Crippen LogP contribution in [-0.4, -0.2) is 28.1 Å². The molecular formula is C9H12BN2O2. The monoisotopic (exact) mass is 191 g/mol. The average molecular weight is 191 g/mol. The van der Waals surface area contributed by atoms with E-state index in [1.807, 2.05) is 50.0 Å². The summed E-state index contributed by atoms with van der Waals surface area (Å²) >= 11 is 0. The molecule has 0 aliphatic rings. The van der Waals surface area contributed by atoms with Crippen molar-refractivity contribution >= 4 is 12.9 Å². The largest absolute Gasteiger partial charge is 0.412 e. The Morgan fingerprint density at radius 1 is 1.00 bits per heavy atom. The van der Waals surface area contributed by atoms with Crippen LogP contribution in [-0.2, 0) is 0 Å². The van der Waals surface area contributed by atoms with Crippen LogP contribution in [0.25, 0.3) is 0 Å². The molecule has 73 valence electrons. The fourth-order valence-corrected chi connectivity index (χ4v) is 1.05. The Bertz CT molecular complexity index is 337. The zero-order chi connectivity index (χ0) is 8.23. The van der Waals surface area contributed by atoms with Gasteiger partial charge in [-0.25, -0.2) is 0 Å². The molecule has 2 rings (SSSR count). The van der Waals surface area contributed by atoms with Crippen LogP contribution in [0.1, 0.15) is 0 Å². The van der Waals surface area contributed by atoms with Crippen molar-refractivity contribution in [2.75, 3.05) is 0 Å². The van der Waals surface area contributed by atoms with Crippen molar-refractivity contribution < 1.29 is 11.0 Å². The molecule has 5 heteroatoms. The molecule has 1 radical (unpaired) electrons. The molecule has 0 amide bonds. The molecule has 14 heavy (non-hydrogen) atoms. The molecule has 0 saturated carbocycles. The van der Waals surface area contributed by atoms with Gasteiger partial charge in [0.25, 0.3) is 0 Å². The van der Waals surface area contributed by atoms with E-state index in [0.717, 1.165) is 5.46 Å². The van der Waals surface area contributed by atoms with Gasteiger partial charge in [-0.3, -0.25) is 0 Å². The van der Waals surface area contributed by atoms with Gasteiger partial charge in [-0.1, -0.05) is 35.8 Å². The van der Waals surface area contributed by atoms with Crippen LogP contribution in [0.15, 0.2) is 48.8 Å². The highest BCUT2D eigenvalue weighted by molar-refractivity contribution is 6.51. The van der Waals surface area contributed by atoms with Gasteiger partial charge in [0, 0.05) is 12.4 Å². The van der Waals surface area contributed by atoms with E-state index >= 15 is 0 Å². The first-order valence-corrected chi connectivity index (χ1v) is 3.84. The predicted octanol–water partition coefficient (Wildman–Crippen LogP) is -0.974. The van der Waals surface area contributed by atoms with Crippen molar-refractivity contribution in [1.82, 2.24) is 9.69 Å². The highest BCUT2D eigenvalue weighted by Gasteiger charge is 1.95. The molecule has 0 fully saturated rings. The topological polar surface area (TPSA) is 80.8 Å². The third-order valence-electron chi connectivity index (χ3n) is 1.61. The highest BCUT2D eigenvalue weighted by Crippen LogP contribution is 1.83. The molecule has 0 unspecified atom stereocenters. The van der Waals surface area contributed by atoms with E-state index in [1.165, 1.54) is 0 Å². The van der Waals surface area contributed by atoms with Crippen LogP contribution >= 0.6 is 0 Å². The fraction of sp³-hybridized carbons (Fsp3) is 0. The lowest BCUT2D eigenvalue weighted by molar-refractivity contribution is 0.823. The summed E-state index contributed by atoms with van der Waals surface area (Å²) in [5.41, 5.74) is 1.15. The average Bonchev–Trinajstić information content (AvgIpc) is 2.59. The van der Waals surface area contributed by atoms with E-state index in [9.17, 15) is 0 Å². The Balaban J connectivity index is 0.000000845. The molecule has 2 aromatic rings. The maximum atomic E-state index is 4.07. The van der Waals surface area contributed by atoms with Crippen molar-refractivity contribution in [3.05, 3.63) is 48.8 Å². The van der Waals surface area contributed by atoms with Gasteiger partial charge in [-0.05, 0) is 6.07 Å². The van der Waals surface area contributed by atoms with Crippen molar-refractivity contribution in [3.8, 4) is 0 Å². The molecule has 0 aliphatic heterocycles. The van der Waals surface area contributed by atoms with Gasteiger partial charge in [0.05, 0.1) is 0 Å². The Morgan fingerprint density at radius 3 is 2.29 bits per heavy atom. The zero-order valence-corrected chi connectivity index (χ0v) is 7.59. The normalized spacial score (nSPS) is 8.29. The lowest BCUT2D eigenvalue weighted by atomic mass is 9.83. The second kappa shape index (κ2) is 5.96. The van der Waals surface area contributed by atoms with Crippen molar-refractivity contribution in [3.63, 3.8) is 0 Å². The molecule has 1 aromatic heterocycles. The minimum absolute atomic E-state index is 0. The number of nitrogens with zero attached hydrogens (tertiary/aromatic N) is 2. The van der Waals surface area contributed by atoms with E-state index in [1.54, 1.807) is 10.8 Å². The third kappa shape index (κ3) is 3.04. The number of hydrogen-bond acceptors (Lipinski definition) is 1. The quantitative estimate of drug-likeness (QED) is 0.562. The smallest absolute Gasteiger partial charge is 0.316 e. The summed E-state index contributed by atoms with van der Waals surface area (Å²) in [6.07, 6.45) is 3.67. The molecule has 1 heterocycles. The molecule has 0 aliphatic carbocycles. The highest BCUT2D eigenvalue weighted by atomic mass is 16.0. The maximum absolute atomic E-state index is 4.07. The van der Waals surface area contributed by atoms with E-state index in [4.69, 9.17) is 0 Å². The summed E-state index contributed by atoms with van der Waals surface area (Å²) in [6, 6.07) is 12.0. The van der Waals surface area contributed by atoms with Gasteiger partial charge in [0.15, 0.2) is 0 Å². The molecule has 0 bridgehead atoms. The second-order valence-corrected chi connectivity index (χ2v) is 2.53. The number of rotatable bonds is 2. The second-order valence-electron chi connectivity index (χ2n) is 2.53. The van der Waals surface area contributed by atoms with Gasteiger partial charge in [-0.2, -0.15) is 5.10 Å². The molecule has 4 N–H and O–H groups in total. The molecule has 0 atom stereocenters. The summed E-state index contributed by atoms with van der Waals surface area (Å²) in [7, 11) is 1.97. The first kappa shape index (κ1) is 12.4. The van der Waals surface area contributed by atoms with E-state index in [2.05, 4.69) is 5.10 Å². The first-order valence-electron chi connectivity index (χ1n) is 3.84. The minimum atomic E-state index is 0. The van der Waals surface area contributed by atoms with Crippen LogP contribution in [0.3, 0.4) is 0 Å². The summed E-state index contributed by atoms with van der Waals surface area (Å²) in [4.78, 5) is 0. The Morgan fingerprint density at radius 2 is 1.71 bits per heavy atom. The van der Waals surface area contributed by atoms with Crippen LogP contribution in [0.4, 0.5) is 0 Å². The fourth-order valence-electron chi connectivity index (χ4n) is 1.05. The zero-order valence-electron chi connectivity index (χ0n) is 7.59. The third-order valence-corrected chi connectivity index (χ3v) is 1.61. The molecule has 4 nitrogen and oxygen atoms in total. The van der Waals surface area contributed by atoms with E-state index < -0.39 is 0 Å². The van der Waals surface area contributed by atoms with Crippen molar-refractivity contribution in [2.24, 2.45) is 0 Å². The molecular weight excluding hydrogens is 179 g/mol. The minimum Gasteiger partial charge on any atom is -0.412 e. The number of aromatic nitrogens is 2. The summed E-state index contributed by atoms with van der Waals surface area (Å²) in [6.45, 7) is 0. The summed E-state index contributed by atoms with van der Waals surface area (Å²) < 4.78 is 1.79. The van der Waals surface area contributed by atoms with Gasteiger partial charge in [0.2, 0.25) is 0 Å². The first-order chi connectivity index (χ1) is 5.95. The molecule has 0 saturated heterocycles. The Labute approximate surface area is 83.1 Å². The lowest BCUT2D eigenvalue weighted by Gasteiger charge is -1.97. The predicted molar refractivity (Wildman–Crippen MR) is 56.7 cm³/mol. The van der Waals surface area contributed by atoms with Gasteiger partial charge < -0.3 is 15.5 Å². The summed E-state index contributed by atoms with van der Waals surface area (Å²) in [5.74, 6) is 0. The summed E-state index contributed by atoms with van der Waals surface area (Å²) in [5, 5.41) is 4.07.